The van der Waals surface area contributed by atoms with Crippen molar-refractivity contribution in [3.8, 4) is 0 Å². The van der Waals surface area contributed by atoms with E-state index in [0.29, 0.717) is 28.8 Å². The summed E-state index contributed by atoms with van der Waals surface area (Å²) in [5.74, 6) is -1.28. The van der Waals surface area contributed by atoms with Crippen molar-refractivity contribution in [2.45, 2.75) is 13.5 Å². The van der Waals surface area contributed by atoms with E-state index in [1.807, 2.05) is 6.92 Å². The van der Waals surface area contributed by atoms with E-state index >= 15 is 0 Å². The topological polar surface area (TPSA) is 94.4 Å². The Morgan fingerprint density at radius 3 is 2.44 bits per heavy atom. The zero-order valence-electron chi connectivity index (χ0n) is 14.6. The second-order valence-corrected chi connectivity index (χ2v) is 6.05. The highest BCUT2D eigenvalue weighted by molar-refractivity contribution is 6.21. The van der Waals surface area contributed by atoms with Gasteiger partial charge in [-0.3, -0.25) is 14.5 Å². The molecule has 3 aromatic rings. The van der Waals surface area contributed by atoms with Crippen LogP contribution in [0.3, 0.4) is 0 Å². The monoisotopic (exact) mass is 364 g/mol. The number of hydrogen-bond donors (Lipinski definition) is 0. The number of benzene rings is 2. The smallest absolute Gasteiger partial charge is 0.338 e. The Morgan fingerprint density at radius 1 is 1.07 bits per heavy atom. The average molecular weight is 364 g/mol. The van der Waals surface area contributed by atoms with Crippen LogP contribution in [0.5, 0.6) is 0 Å². The van der Waals surface area contributed by atoms with Crippen LogP contribution in [0.2, 0.25) is 0 Å². The van der Waals surface area contributed by atoms with Gasteiger partial charge in [0.2, 0.25) is 0 Å². The van der Waals surface area contributed by atoms with Crippen LogP contribution < -0.4 is 0 Å². The summed E-state index contributed by atoms with van der Waals surface area (Å²) in [6, 6.07) is 11.7. The summed E-state index contributed by atoms with van der Waals surface area (Å²) in [5, 5.41) is 8.02. The maximum Gasteiger partial charge on any atom is 0.338 e. The third-order valence-corrected chi connectivity index (χ3v) is 4.48. The van der Waals surface area contributed by atoms with Gasteiger partial charge in [0, 0.05) is 6.54 Å². The Balaban J connectivity index is 1.40. The molecule has 0 spiro atoms. The van der Waals surface area contributed by atoms with Crippen molar-refractivity contribution in [2.24, 2.45) is 0 Å². The predicted molar refractivity (Wildman–Crippen MR) is 95.3 cm³/mol. The number of aryl methyl sites for hydroxylation is 1. The highest BCUT2D eigenvalue weighted by atomic mass is 16.5. The van der Waals surface area contributed by atoms with E-state index < -0.39 is 5.97 Å². The summed E-state index contributed by atoms with van der Waals surface area (Å²) >= 11 is 0. The van der Waals surface area contributed by atoms with Gasteiger partial charge in [-0.15, -0.1) is 5.10 Å². The van der Waals surface area contributed by atoms with Crippen LogP contribution in [-0.2, 0) is 11.3 Å². The number of carbonyl (C=O) groups excluding carboxylic acids is 3. The largest absolute Gasteiger partial charge is 0.460 e. The van der Waals surface area contributed by atoms with E-state index in [9.17, 15) is 14.4 Å². The SMILES string of the molecule is CCn1nnc2cc(C(=O)OCCN3C(=O)c4ccccc4C3=O)ccc21. The van der Waals surface area contributed by atoms with Crippen LogP contribution in [0.25, 0.3) is 11.0 Å². The zero-order chi connectivity index (χ0) is 19.0. The molecule has 2 heterocycles. The van der Waals surface area contributed by atoms with Gasteiger partial charge in [-0.05, 0) is 37.3 Å². The number of fused-ring (bicyclic) bond motifs is 2. The summed E-state index contributed by atoms with van der Waals surface area (Å²) in [4.78, 5) is 37.9. The summed E-state index contributed by atoms with van der Waals surface area (Å²) in [6.45, 7) is 2.56. The minimum atomic E-state index is -0.542. The van der Waals surface area contributed by atoms with Crippen molar-refractivity contribution in [1.82, 2.24) is 19.9 Å². The first-order chi connectivity index (χ1) is 13.1. The van der Waals surface area contributed by atoms with Crippen LogP contribution >= 0.6 is 0 Å². The van der Waals surface area contributed by atoms with Gasteiger partial charge in [0.1, 0.15) is 12.1 Å². The summed E-state index contributed by atoms with van der Waals surface area (Å²) in [5.41, 5.74) is 2.52. The lowest BCUT2D eigenvalue weighted by atomic mass is 10.1. The van der Waals surface area contributed by atoms with Crippen LogP contribution in [0, 0.1) is 0 Å². The average Bonchev–Trinajstić information content (AvgIpc) is 3.21. The first-order valence-corrected chi connectivity index (χ1v) is 8.55. The standard InChI is InChI=1S/C19H16N4O4/c1-2-23-16-8-7-12(11-15(16)20-21-23)19(26)27-10-9-22-17(24)13-5-3-4-6-14(13)18(22)25/h3-8,11H,2,9-10H2,1H3. The molecule has 1 aliphatic rings. The number of hydrogen-bond acceptors (Lipinski definition) is 6. The molecule has 0 bridgehead atoms. The quantitative estimate of drug-likeness (QED) is 0.507. The molecule has 0 fully saturated rings. The Bertz CT molecular complexity index is 1040. The number of amides is 2. The van der Waals surface area contributed by atoms with E-state index in [2.05, 4.69) is 10.3 Å². The fourth-order valence-corrected chi connectivity index (χ4v) is 3.09. The predicted octanol–water partition coefficient (Wildman–Crippen LogP) is 1.90. The van der Waals surface area contributed by atoms with Crippen LogP contribution in [0.1, 0.15) is 38.0 Å². The highest BCUT2D eigenvalue weighted by Crippen LogP contribution is 2.22. The lowest BCUT2D eigenvalue weighted by molar-refractivity contribution is 0.0420. The number of aromatic nitrogens is 3. The molecule has 0 atom stereocenters. The molecule has 0 aliphatic carbocycles. The number of nitrogens with zero attached hydrogens (tertiary/aromatic N) is 4. The number of imide groups is 1. The number of ether oxygens (including phenoxy) is 1. The lowest BCUT2D eigenvalue weighted by Gasteiger charge is -2.13. The Labute approximate surface area is 154 Å². The van der Waals surface area contributed by atoms with Gasteiger partial charge < -0.3 is 4.74 Å². The van der Waals surface area contributed by atoms with E-state index in [-0.39, 0.29) is 25.0 Å². The third-order valence-electron chi connectivity index (χ3n) is 4.48. The van der Waals surface area contributed by atoms with Crippen LogP contribution in [0.15, 0.2) is 42.5 Å². The molecule has 0 saturated heterocycles. The molecule has 0 saturated carbocycles. The molecular formula is C19H16N4O4. The van der Waals surface area contributed by atoms with Gasteiger partial charge in [0.05, 0.1) is 28.8 Å². The van der Waals surface area contributed by atoms with Crippen LogP contribution in [-0.4, -0.2) is 50.8 Å². The maximum atomic E-state index is 12.3. The van der Waals surface area contributed by atoms with E-state index in [4.69, 9.17) is 4.74 Å². The first kappa shape index (κ1) is 16.9. The van der Waals surface area contributed by atoms with Crippen LogP contribution in [0.4, 0.5) is 0 Å². The van der Waals surface area contributed by atoms with E-state index in [1.54, 1.807) is 47.1 Å². The normalized spacial score (nSPS) is 13.3. The Kier molecular flexibility index (Phi) is 4.15. The molecule has 8 heteroatoms. The minimum absolute atomic E-state index is 0.00630. The fraction of sp³-hybridized carbons (Fsp3) is 0.211. The van der Waals surface area contributed by atoms with Crippen molar-refractivity contribution in [3.05, 3.63) is 59.2 Å². The van der Waals surface area contributed by atoms with Crippen molar-refractivity contribution >= 4 is 28.8 Å². The molecule has 2 aromatic carbocycles. The fourth-order valence-electron chi connectivity index (χ4n) is 3.09. The second-order valence-electron chi connectivity index (χ2n) is 6.05. The molecule has 1 aliphatic heterocycles. The van der Waals surface area contributed by atoms with Gasteiger partial charge in [0.25, 0.3) is 11.8 Å². The molecule has 1 aromatic heterocycles. The molecule has 0 unspecified atom stereocenters. The molecular weight excluding hydrogens is 348 g/mol. The van der Waals surface area contributed by atoms with Gasteiger partial charge in [-0.2, -0.15) is 0 Å². The molecule has 0 radical (unpaired) electrons. The Morgan fingerprint density at radius 2 is 1.78 bits per heavy atom. The summed E-state index contributed by atoms with van der Waals surface area (Å²) in [7, 11) is 0. The van der Waals surface area contributed by atoms with Crippen molar-refractivity contribution in [1.29, 1.82) is 0 Å². The summed E-state index contributed by atoms with van der Waals surface area (Å²) in [6.07, 6.45) is 0. The highest BCUT2D eigenvalue weighted by Gasteiger charge is 2.34. The van der Waals surface area contributed by atoms with E-state index in [0.717, 1.165) is 10.4 Å². The molecule has 8 nitrogen and oxygen atoms in total. The molecule has 27 heavy (non-hydrogen) atoms. The maximum absolute atomic E-state index is 12.3. The number of esters is 1. The van der Waals surface area contributed by atoms with Crippen molar-refractivity contribution < 1.29 is 19.1 Å². The molecule has 4 rings (SSSR count). The lowest BCUT2D eigenvalue weighted by Crippen LogP contribution is -2.33. The van der Waals surface area contributed by atoms with Crippen molar-refractivity contribution in [2.75, 3.05) is 13.2 Å². The van der Waals surface area contributed by atoms with Gasteiger partial charge in [0.15, 0.2) is 0 Å². The van der Waals surface area contributed by atoms with Gasteiger partial charge in [-0.1, -0.05) is 17.3 Å². The minimum Gasteiger partial charge on any atom is -0.460 e. The number of rotatable bonds is 5. The third kappa shape index (κ3) is 2.84. The Hall–Kier alpha value is -3.55. The zero-order valence-corrected chi connectivity index (χ0v) is 14.6. The molecule has 2 amide bonds. The molecule has 0 N–H and O–H groups in total. The van der Waals surface area contributed by atoms with Gasteiger partial charge in [-0.25, -0.2) is 9.48 Å². The van der Waals surface area contributed by atoms with Gasteiger partial charge >= 0.3 is 5.97 Å². The summed E-state index contributed by atoms with van der Waals surface area (Å²) < 4.78 is 6.96. The van der Waals surface area contributed by atoms with Crippen molar-refractivity contribution in [3.63, 3.8) is 0 Å². The molecule has 136 valence electrons. The number of carbonyl (C=O) groups is 3. The second kappa shape index (κ2) is 6.64. The van der Waals surface area contributed by atoms with E-state index in [1.165, 1.54) is 0 Å². The first-order valence-electron chi connectivity index (χ1n) is 8.55.